The number of carboxylic acid groups (broad SMARTS) is 1. The van der Waals surface area contributed by atoms with Gasteiger partial charge in [-0.05, 0) is 12.1 Å². The van der Waals surface area contributed by atoms with Crippen molar-refractivity contribution in [2.75, 3.05) is 0 Å². The minimum atomic E-state index is -1.04. The summed E-state index contributed by atoms with van der Waals surface area (Å²) in [5, 5.41) is 30.4. The van der Waals surface area contributed by atoms with Gasteiger partial charge in [0.15, 0.2) is 17.2 Å². The van der Waals surface area contributed by atoms with E-state index < -0.39 is 23.2 Å². The van der Waals surface area contributed by atoms with Gasteiger partial charge in [0.2, 0.25) is 0 Å². The van der Waals surface area contributed by atoms with Crippen LogP contribution in [0.3, 0.4) is 0 Å². The molecule has 64 valence electrons. The number of rotatable bonds is 1. The molecule has 0 spiro atoms. The minimum Gasteiger partial charge on any atom is -0.504 e. The number of carbonyl (C=O) groups is 1. The molecule has 1 aromatic rings. The van der Waals surface area contributed by atoms with Crippen LogP contribution < -0.4 is 0 Å². The number of hydrogen-bond donors (Lipinski definition) is 4. The summed E-state index contributed by atoms with van der Waals surface area (Å²) in [6.45, 7) is 0. The van der Waals surface area contributed by atoms with E-state index in [-0.39, 0.29) is 5.56 Å². The quantitative estimate of drug-likeness (QED) is 0.461. The average Bonchev–Trinajstić information content (AvgIpc) is 2.12. The molecule has 0 saturated carbocycles. The van der Waals surface area contributed by atoms with Crippen LogP contribution in [0.15, 0.2) is 12.1 Å². The van der Waals surface area contributed by atoms with Crippen molar-refractivity contribution < 1.29 is 25.2 Å². The molecule has 0 aliphatic heterocycles. The maximum Gasteiger partial charge on any atom is 0.335 e. The largest absolute Gasteiger partial charge is 0.504 e. The van der Waals surface area contributed by atoms with E-state index in [9.17, 15) is 4.79 Å². The highest BCUT2D eigenvalue weighted by molar-refractivity contribution is 5.89. The second-order valence-corrected chi connectivity index (χ2v) is 2.15. The number of benzene rings is 1. The first-order valence-electron chi connectivity index (χ1n) is 3.39. The van der Waals surface area contributed by atoms with Gasteiger partial charge in [-0.1, -0.05) is 0 Å². The monoisotopic (exact) mass is 171 g/mol. The molecular formula is C7H6O5. The summed E-state index contributed by atoms with van der Waals surface area (Å²) in [5.41, 5.74) is -0.220. The van der Waals surface area contributed by atoms with Crippen LogP contribution in [-0.2, 0) is 0 Å². The highest BCUT2D eigenvalue weighted by Crippen LogP contribution is 2.35. The van der Waals surface area contributed by atoms with Crippen LogP contribution in [0.1, 0.15) is 10.4 Å². The molecule has 0 aliphatic rings. The lowest BCUT2D eigenvalue weighted by Crippen LogP contribution is -1.95. The van der Waals surface area contributed by atoms with Crippen molar-refractivity contribution in [2.24, 2.45) is 0 Å². The molecule has 4 N–H and O–H groups in total. The maximum absolute atomic E-state index is 10.7. The molecule has 1 aromatic carbocycles. The van der Waals surface area contributed by atoms with Crippen LogP contribution in [-0.4, -0.2) is 26.4 Å². The van der Waals surface area contributed by atoms with Crippen molar-refractivity contribution in [1.29, 1.82) is 1.43 Å². The second kappa shape index (κ2) is 2.61. The zero-order valence-corrected chi connectivity index (χ0v) is 5.81. The summed E-state index contributed by atoms with van der Waals surface area (Å²) >= 11 is 0. The molecule has 0 fully saturated rings. The van der Waals surface area contributed by atoms with Crippen molar-refractivity contribution >= 4 is 5.97 Å². The van der Waals surface area contributed by atoms with Gasteiger partial charge in [-0.2, -0.15) is 0 Å². The number of phenolic OH excluding ortho intramolecular Hbond substituents is 3. The normalized spacial score (nSPS) is 10.5. The van der Waals surface area contributed by atoms with Gasteiger partial charge in [-0.3, -0.25) is 0 Å². The molecule has 0 amide bonds. The van der Waals surface area contributed by atoms with Crippen molar-refractivity contribution in [3.05, 3.63) is 17.7 Å². The fourth-order valence-corrected chi connectivity index (χ4v) is 0.722. The Labute approximate surface area is 68.6 Å². The lowest BCUT2D eigenvalue weighted by Gasteiger charge is -2.01. The SMILES string of the molecule is [2H]OC(=O)c1cc(O)c(O)c(O)c1. The van der Waals surface area contributed by atoms with E-state index in [4.69, 9.17) is 16.8 Å². The molecule has 0 radical (unpaired) electrons. The molecule has 0 bridgehead atoms. The summed E-state index contributed by atoms with van der Waals surface area (Å²) in [4.78, 5) is 10.7. The van der Waals surface area contributed by atoms with Gasteiger partial charge in [-0.25, -0.2) is 4.79 Å². The van der Waals surface area contributed by atoms with E-state index in [1.807, 2.05) is 0 Å². The molecule has 5 heteroatoms. The lowest BCUT2D eigenvalue weighted by atomic mass is 10.2. The highest BCUT2D eigenvalue weighted by atomic mass is 16.4. The molecule has 0 saturated heterocycles. The van der Waals surface area contributed by atoms with E-state index in [2.05, 4.69) is 5.11 Å². The second-order valence-electron chi connectivity index (χ2n) is 2.15. The highest BCUT2D eigenvalue weighted by Gasteiger charge is 2.11. The number of phenols is 3. The smallest absolute Gasteiger partial charge is 0.335 e. The Hall–Kier alpha value is -1.91. The topological polar surface area (TPSA) is 98.0 Å². The van der Waals surface area contributed by atoms with E-state index in [1.54, 1.807) is 0 Å². The van der Waals surface area contributed by atoms with E-state index in [0.29, 0.717) is 0 Å². The Balaban J connectivity index is 3.20. The molecule has 5 nitrogen and oxygen atoms in total. The van der Waals surface area contributed by atoms with Crippen LogP contribution in [0.4, 0.5) is 0 Å². The Kier molecular flexibility index (Phi) is 1.48. The average molecular weight is 171 g/mol. The molecule has 0 atom stereocenters. The molecule has 0 aliphatic carbocycles. The molecule has 0 heterocycles. The first-order valence-corrected chi connectivity index (χ1v) is 2.98. The minimum absolute atomic E-state index is 0.220. The van der Waals surface area contributed by atoms with Gasteiger partial charge in [0.1, 0.15) is 0 Å². The van der Waals surface area contributed by atoms with Crippen LogP contribution in [0.5, 0.6) is 17.2 Å². The number of hydrogen-bond acceptors (Lipinski definition) is 5. The van der Waals surface area contributed by atoms with Gasteiger partial charge in [-0.15, -0.1) is 0 Å². The van der Waals surface area contributed by atoms with Crippen LogP contribution in [0.25, 0.3) is 1.43 Å². The lowest BCUT2D eigenvalue weighted by molar-refractivity contribution is 0.0696. The van der Waals surface area contributed by atoms with Crippen molar-refractivity contribution in [1.82, 2.24) is 0 Å². The van der Waals surface area contributed by atoms with E-state index >= 15 is 0 Å². The summed E-state index contributed by atoms with van der Waals surface area (Å²) in [7, 11) is 0. The third-order valence-electron chi connectivity index (χ3n) is 1.31. The molecule has 0 aromatic heterocycles. The predicted molar refractivity (Wildman–Crippen MR) is 38.4 cm³/mol. The van der Waals surface area contributed by atoms with Crippen molar-refractivity contribution in [3.63, 3.8) is 0 Å². The molecular weight excluding hydrogens is 164 g/mol. The number of aromatic carboxylic acids is 1. The predicted octanol–water partition coefficient (Wildman–Crippen LogP) is 0.502. The zero-order valence-electron chi connectivity index (χ0n) is 6.81. The Morgan fingerprint density at radius 2 is 1.75 bits per heavy atom. The van der Waals surface area contributed by atoms with Gasteiger partial charge in [0, 0.05) is 0 Å². The van der Waals surface area contributed by atoms with Gasteiger partial charge >= 0.3 is 5.97 Å². The summed E-state index contributed by atoms with van der Waals surface area (Å²) in [6, 6.07) is 1.76. The fourth-order valence-electron chi connectivity index (χ4n) is 0.722. The van der Waals surface area contributed by atoms with Crippen LogP contribution >= 0.6 is 0 Å². The van der Waals surface area contributed by atoms with Gasteiger partial charge in [0.05, 0.1) is 5.56 Å². The first kappa shape index (κ1) is 6.78. The third kappa shape index (κ3) is 1.24. The molecule has 1 rings (SSSR count). The van der Waals surface area contributed by atoms with E-state index in [1.165, 1.54) is 0 Å². The van der Waals surface area contributed by atoms with Gasteiger partial charge < -0.3 is 20.4 Å². The van der Waals surface area contributed by atoms with Crippen molar-refractivity contribution in [2.45, 2.75) is 0 Å². The summed E-state index contributed by atoms with van der Waals surface area (Å²) < 4.78 is 6.27. The fraction of sp³-hybridized carbons (Fsp3) is 0. The molecule has 12 heavy (non-hydrogen) atoms. The number of aromatic hydroxyl groups is 3. The summed E-state index contributed by atoms with van der Waals surface area (Å²) in [6.07, 6.45) is 0. The standard InChI is InChI=1S/C7H6O5/c8-4-1-3(7(11)12)2-5(9)6(4)10/h1-2,8-10H,(H,11,12)/i/hD. The summed E-state index contributed by atoms with van der Waals surface area (Å²) in [5.74, 6) is -3.06. The first-order chi connectivity index (χ1) is 6.06. The van der Waals surface area contributed by atoms with Crippen LogP contribution in [0, 0.1) is 0 Å². The van der Waals surface area contributed by atoms with Crippen molar-refractivity contribution in [3.8, 4) is 17.2 Å². The van der Waals surface area contributed by atoms with Gasteiger partial charge in [0.25, 0.3) is 1.43 Å². The Bertz CT molecular complexity index is 326. The maximum atomic E-state index is 10.7. The Morgan fingerprint density at radius 1 is 1.25 bits per heavy atom. The third-order valence-corrected chi connectivity index (χ3v) is 1.31. The zero-order chi connectivity index (χ0) is 10.0. The number of carboxylic acids is 1. The molecule has 0 unspecified atom stereocenters. The van der Waals surface area contributed by atoms with E-state index in [0.717, 1.165) is 12.1 Å². The van der Waals surface area contributed by atoms with Crippen LogP contribution in [0.2, 0.25) is 0 Å². The Morgan fingerprint density at radius 3 is 2.17 bits per heavy atom.